The number of anilines is 2. The lowest BCUT2D eigenvalue weighted by molar-refractivity contribution is 0.0330. The van der Waals surface area contributed by atoms with Crippen molar-refractivity contribution in [1.29, 1.82) is 0 Å². The van der Waals surface area contributed by atoms with Crippen LogP contribution in [0.5, 0.6) is 0 Å². The summed E-state index contributed by atoms with van der Waals surface area (Å²) in [5, 5.41) is 28.8. The summed E-state index contributed by atoms with van der Waals surface area (Å²) in [7, 11) is -6.63. The number of nitrogen functional groups attached to an aromatic ring is 1. The van der Waals surface area contributed by atoms with Gasteiger partial charge in [0.1, 0.15) is 0 Å². The van der Waals surface area contributed by atoms with E-state index in [4.69, 9.17) is 42.4 Å². The number of rotatable bonds is 32. The second-order valence-corrected chi connectivity index (χ2v) is 28.1. The Labute approximate surface area is 349 Å². The number of aliphatic hydroxyl groups is 2. The molecule has 13 nitrogen and oxygen atoms in total. The van der Waals surface area contributed by atoms with Crippen LogP contribution in [-0.2, 0) is 43.8 Å². The molecule has 0 saturated carbocycles. The van der Waals surface area contributed by atoms with Gasteiger partial charge in [-0.25, -0.2) is 0 Å². The summed E-state index contributed by atoms with van der Waals surface area (Å²) in [5.41, 5.74) is 17.3. The molecule has 326 valence electrons. The third-order valence-corrected chi connectivity index (χ3v) is 21.5. The first-order valence-electron chi connectivity index (χ1n) is 20.6. The fraction of sp³-hybridized carbons (Fsp3) is 0.700. The van der Waals surface area contributed by atoms with Gasteiger partial charge in [0.05, 0.1) is 38.6 Å². The van der Waals surface area contributed by atoms with Gasteiger partial charge in [0, 0.05) is 62.1 Å². The standard InChI is InChI=1S/C40H76N4O9Si4/c1-11-34-24-35(12-2)40(33(5)39(34)42)44-26-37(46)30-49-21-17-23-55(7,8)52-57(53-56(9,10)47-6,38-18-14-13-15-19-38)51-54-22-16-20-48-29-36(45)25-43-32(4)28-50-27-31(3)41/h13-15,18-19,24,31-32,36-37,43-46H,11-12,16-17,20-23,25-30,41-42H2,1-10H3. The molecule has 0 aliphatic rings. The van der Waals surface area contributed by atoms with Crippen LogP contribution in [-0.4, -0.2) is 130 Å². The lowest BCUT2D eigenvalue weighted by Gasteiger charge is -2.41. The van der Waals surface area contributed by atoms with Gasteiger partial charge in [0.2, 0.25) is 9.76 Å². The van der Waals surface area contributed by atoms with E-state index in [0.29, 0.717) is 39.5 Å². The highest BCUT2D eigenvalue weighted by atomic mass is 28.5. The average Bonchev–Trinajstić information content (AvgIpc) is 3.16. The zero-order chi connectivity index (χ0) is 42.5. The summed E-state index contributed by atoms with van der Waals surface area (Å²) in [5.74, 6) is 0. The fourth-order valence-corrected chi connectivity index (χ4v) is 18.4. The maximum atomic E-state index is 10.8. The first-order chi connectivity index (χ1) is 27.0. The number of nitrogens with two attached hydrogens (primary N) is 2. The molecule has 0 aliphatic carbocycles. The van der Waals surface area contributed by atoms with Gasteiger partial charge in [0.15, 0.2) is 8.32 Å². The van der Waals surface area contributed by atoms with Crippen LogP contribution in [0.15, 0.2) is 36.4 Å². The summed E-state index contributed by atoms with van der Waals surface area (Å²) in [4.78, 5) is 0. The van der Waals surface area contributed by atoms with Gasteiger partial charge in [-0.3, -0.25) is 0 Å². The SMILES string of the molecule is CCc1cc(CC)c(NCC(O)COCCC[Si](C)(C)O[Si](O[Si]CCCOCC(O)CNC(C)COCC(C)N)(O[Si](C)(C)OC)c2ccccc2)c(C)c1N. The maximum absolute atomic E-state index is 10.8. The molecule has 0 aromatic heterocycles. The van der Waals surface area contributed by atoms with E-state index in [9.17, 15) is 10.2 Å². The van der Waals surface area contributed by atoms with Crippen molar-refractivity contribution >= 4 is 52.0 Å². The molecular weight excluding hydrogens is 793 g/mol. The number of nitrogens with one attached hydrogen (secondary N) is 2. The van der Waals surface area contributed by atoms with Gasteiger partial charge in [-0.05, 0) is 101 Å². The first kappa shape index (κ1) is 51.6. The van der Waals surface area contributed by atoms with E-state index in [1.807, 2.05) is 64.2 Å². The Bertz CT molecular complexity index is 1400. The van der Waals surface area contributed by atoms with E-state index >= 15 is 0 Å². The Hall–Kier alpha value is -1.53. The molecule has 8 N–H and O–H groups in total. The molecule has 0 bridgehead atoms. The summed E-state index contributed by atoms with van der Waals surface area (Å²) < 4.78 is 44.0. The molecule has 0 spiro atoms. The largest absolute Gasteiger partial charge is 0.507 e. The first-order valence-corrected chi connectivity index (χ1v) is 29.4. The van der Waals surface area contributed by atoms with Crippen molar-refractivity contribution in [2.24, 2.45) is 5.73 Å². The molecule has 2 aromatic rings. The minimum Gasteiger partial charge on any atom is -0.413 e. The molecular formula is C40H76N4O9Si4. The van der Waals surface area contributed by atoms with Crippen molar-refractivity contribution in [3.05, 3.63) is 53.1 Å². The molecule has 0 aliphatic heterocycles. The Balaban J connectivity index is 1.92. The molecule has 0 amide bonds. The lowest BCUT2D eigenvalue weighted by atomic mass is 9.97. The van der Waals surface area contributed by atoms with E-state index in [0.717, 1.165) is 65.5 Å². The van der Waals surface area contributed by atoms with Gasteiger partial charge in [-0.15, -0.1) is 0 Å². The van der Waals surface area contributed by atoms with E-state index in [-0.39, 0.29) is 35.1 Å². The van der Waals surface area contributed by atoms with Crippen LogP contribution in [0, 0.1) is 6.92 Å². The van der Waals surface area contributed by atoms with Crippen molar-refractivity contribution in [1.82, 2.24) is 5.32 Å². The fourth-order valence-electron chi connectivity index (χ4n) is 6.05. The molecule has 2 rings (SSSR count). The van der Waals surface area contributed by atoms with Gasteiger partial charge >= 0.3 is 17.4 Å². The third-order valence-electron chi connectivity index (χ3n) is 9.39. The zero-order valence-corrected chi connectivity index (χ0v) is 40.6. The molecule has 57 heavy (non-hydrogen) atoms. The number of benzene rings is 2. The monoisotopic (exact) mass is 868 g/mol. The van der Waals surface area contributed by atoms with Crippen LogP contribution in [0.4, 0.5) is 11.4 Å². The average molecular weight is 869 g/mol. The summed E-state index contributed by atoms with van der Waals surface area (Å²) in [6.07, 6.45) is 2.03. The predicted molar refractivity (Wildman–Crippen MR) is 240 cm³/mol. The number of aryl methyl sites for hydroxylation is 2. The van der Waals surface area contributed by atoms with Crippen molar-refractivity contribution < 1.29 is 41.2 Å². The molecule has 17 heteroatoms. The molecule has 5 atom stereocenters. The van der Waals surface area contributed by atoms with Crippen molar-refractivity contribution in [3.63, 3.8) is 0 Å². The van der Waals surface area contributed by atoms with Crippen LogP contribution in [0.25, 0.3) is 0 Å². The molecule has 2 radical (unpaired) electrons. The smallest absolute Gasteiger partial charge is 0.413 e. The second kappa shape index (κ2) is 26.6. The maximum Gasteiger partial charge on any atom is 0.507 e. The van der Waals surface area contributed by atoms with Crippen LogP contribution < -0.4 is 27.3 Å². The molecule has 2 aromatic carbocycles. The van der Waals surface area contributed by atoms with Crippen LogP contribution in [0.3, 0.4) is 0 Å². The van der Waals surface area contributed by atoms with Crippen molar-refractivity contribution in [2.45, 2.75) is 123 Å². The van der Waals surface area contributed by atoms with Gasteiger partial charge in [-0.1, -0.05) is 50.2 Å². The molecule has 0 saturated heterocycles. The normalized spacial score (nSPS) is 15.6. The predicted octanol–water partition coefficient (Wildman–Crippen LogP) is 4.48. The van der Waals surface area contributed by atoms with Crippen molar-refractivity contribution in [2.75, 3.05) is 70.9 Å². The minimum atomic E-state index is -3.43. The topological polar surface area (TPSA) is 181 Å². The zero-order valence-electron chi connectivity index (χ0n) is 36.6. The van der Waals surface area contributed by atoms with E-state index < -0.39 is 37.9 Å². The third kappa shape index (κ3) is 19.6. The van der Waals surface area contributed by atoms with Gasteiger partial charge in [0.25, 0.3) is 0 Å². The second-order valence-electron chi connectivity index (χ2n) is 15.9. The number of aliphatic hydroxyl groups excluding tert-OH is 2. The molecule has 0 heterocycles. The summed E-state index contributed by atoms with van der Waals surface area (Å²) >= 11 is 0. The van der Waals surface area contributed by atoms with Crippen molar-refractivity contribution in [3.8, 4) is 0 Å². The van der Waals surface area contributed by atoms with Crippen LogP contribution in [0.1, 0.15) is 57.2 Å². The highest BCUT2D eigenvalue weighted by Crippen LogP contribution is 2.31. The van der Waals surface area contributed by atoms with E-state index in [2.05, 4.69) is 43.6 Å². The molecule has 0 fully saturated rings. The van der Waals surface area contributed by atoms with Crippen LogP contribution in [0.2, 0.25) is 38.3 Å². The lowest BCUT2D eigenvalue weighted by Crippen LogP contribution is -2.66. The number of ether oxygens (including phenoxy) is 3. The Kier molecular flexibility index (Phi) is 24.1. The Morgan fingerprint density at radius 2 is 1.46 bits per heavy atom. The summed E-state index contributed by atoms with van der Waals surface area (Å²) in [6, 6.07) is 13.9. The quantitative estimate of drug-likeness (QED) is 0.0345. The molecule has 5 unspecified atom stereocenters. The minimum absolute atomic E-state index is 0.0000550. The van der Waals surface area contributed by atoms with Gasteiger partial charge < -0.3 is 63.3 Å². The van der Waals surface area contributed by atoms with E-state index in [1.54, 1.807) is 7.11 Å². The highest BCUT2D eigenvalue weighted by Gasteiger charge is 2.52. The number of hydrogen-bond donors (Lipinski definition) is 6. The van der Waals surface area contributed by atoms with Gasteiger partial charge in [-0.2, -0.15) is 0 Å². The Morgan fingerprint density at radius 3 is 2.07 bits per heavy atom. The number of hydrogen-bond acceptors (Lipinski definition) is 13. The van der Waals surface area contributed by atoms with E-state index in [1.165, 1.54) is 5.56 Å². The highest BCUT2D eigenvalue weighted by molar-refractivity contribution is 6.92. The summed E-state index contributed by atoms with van der Waals surface area (Å²) in [6.45, 7) is 21.9. The Morgan fingerprint density at radius 1 is 0.825 bits per heavy atom. The van der Waals surface area contributed by atoms with Crippen LogP contribution >= 0.6 is 0 Å².